The van der Waals surface area contributed by atoms with Crippen LogP contribution in [-0.4, -0.2) is 98.8 Å². The van der Waals surface area contributed by atoms with E-state index in [2.05, 4.69) is 41.5 Å². The predicted octanol–water partition coefficient (Wildman–Crippen LogP) is 0.881. The number of fused-ring (bicyclic) bond motifs is 2. The molecule has 4 aromatic carbocycles. The molecule has 2 heterocycles. The Bertz CT molecular complexity index is 2570. The molecule has 12 N–H and O–H groups in total. The molecule has 5 atom stereocenters. The Morgan fingerprint density at radius 2 is 1.35 bits per heavy atom. The molecule has 6 amide bonds. The first kappa shape index (κ1) is 46.7. The number of nitro groups is 1. The topological polar surface area (TPSA) is 325 Å². The summed E-state index contributed by atoms with van der Waals surface area (Å²) in [4.78, 5) is 107. The summed E-state index contributed by atoms with van der Waals surface area (Å²) in [7, 11) is 0. The Labute approximate surface area is 376 Å². The lowest BCUT2D eigenvalue weighted by molar-refractivity contribution is -0.384. The summed E-state index contributed by atoms with van der Waals surface area (Å²) in [6.45, 7) is 0.0889. The van der Waals surface area contributed by atoms with Crippen LogP contribution < -0.4 is 43.8 Å². The molecular weight excluding hydrogens is 857 g/mol. The van der Waals surface area contributed by atoms with Crippen molar-refractivity contribution in [2.75, 3.05) is 12.3 Å². The fourth-order valence-electron chi connectivity index (χ4n) is 7.10. The van der Waals surface area contributed by atoms with E-state index in [4.69, 9.17) is 17.2 Å². The fraction of sp³-hybridized carbons (Fsp3) is 0.273. The van der Waals surface area contributed by atoms with Gasteiger partial charge < -0.3 is 48.8 Å². The highest BCUT2D eigenvalue weighted by Gasteiger charge is 2.34. The third-order valence-electron chi connectivity index (χ3n) is 10.5. The standard InChI is InChI=1S/C44H48N12O8S/c45-38(57)36-23-65-37-15-14-30(56(63)64)21-31(37)39(58)52-35(20-29-22-48-24-50-29)43(62)54-33(18-25-7-2-1-3-8-25)41(60)51-32(11-6-16-49-44(46)47)40(59)53-34(42(61)55-36)19-26-12-13-27-9-4-5-10-28(27)17-26/h1-5,7-10,12-15,17,21-22,24,32-36H,6,11,16,18-20,23H2,(H2,45,57)(H,48,50)(H,51,60)(H,52,58)(H,53,59)(H,54,62)(H,55,61)(H4,46,47,49)/t32-,33+,34-,35-,36-/m0/s1. The van der Waals surface area contributed by atoms with Gasteiger partial charge in [0.25, 0.3) is 11.6 Å². The second kappa shape index (κ2) is 22.0. The van der Waals surface area contributed by atoms with Gasteiger partial charge in [-0.3, -0.25) is 43.9 Å². The van der Waals surface area contributed by atoms with Gasteiger partial charge in [-0.05, 0) is 40.8 Å². The molecular formula is C44H48N12O8S. The van der Waals surface area contributed by atoms with Crippen LogP contribution in [0.25, 0.3) is 10.8 Å². The zero-order valence-corrected chi connectivity index (χ0v) is 35.7. The van der Waals surface area contributed by atoms with Crippen LogP contribution in [0.5, 0.6) is 0 Å². The summed E-state index contributed by atoms with van der Waals surface area (Å²) in [5.74, 6) is -5.44. The van der Waals surface area contributed by atoms with E-state index in [-0.39, 0.29) is 60.8 Å². The van der Waals surface area contributed by atoms with Gasteiger partial charge in [0.1, 0.15) is 30.2 Å². The quantitative estimate of drug-likeness (QED) is 0.0277. The van der Waals surface area contributed by atoms with Crippen LogP contribution in [0.2, 0.25) is 0 Å². The Balaban J connectivity index is 1.43. The van der Waals surface area contributed by atoms with Crippen molar-refractivity contribution in [3.05, 3.63) is 136 Å². The van der Waals surface area contributed by atoms with E-state index in [1.807, 2.05) is 36.4 Å². The summed E-state index contributed by atoms with van der Waals surface area (Å²) < 4.78 is 0. The third kappa shape index (κ3) is 13.1. The Morgan fingerprint density at radius 1 is 0.723 bits per heavy atom. The van der Waals surface area contributed by atoms with E-state index in [1.165, 1.54) is 18.6 Å². The van der Waals surface area contributed by atoms with Gasteiger partial charge in [0.05, 0.1) is 16.8 Å². The molecule has 0 fully saturated rings. The number of benzene rings is 4. The van der Waals surface area contributed by atoms with Crippen LogP contribution in [0, 0.1) is 10.1 Å². The first-order valence-electron chi connectivity index (χ1n) is 20.5. The molecule has 1 aromatic heterocycles. The van der Waals surface area contributed by atoms with Crippen molar-refractivity contribution in [3.8, 4) is 0 Å². The average molecular weight is 905 g/mol. The van der Waals surface area contributed by atoms with Crippen molar-refractivity contribution in [2.24, 2.45) is 22.2 Å². The molecule has 1 aliphatic heterocycles. The van der Waals surface area contributed by atoms with Crippen LogP contribution in [-0.2, 0) is 43.2 Å². The molecule has 0 unspecified atom stereocenters. The summed E-state index contributed by atoms with van der Waals surface area (Å²) >= 11 is 0.900. The number of imidazole rings is 1. The van der Waals surface area contributed by atoms with E-state index in [9.17, 15) is 38.9 Å². The van der Waals surface area contributed by atoms with E-state index >= 15 is 0 Å². The largest absolute Gasteiger partial charge is 0.370 e. The van der Waals surface area contributed by atoms with Crippen molar-refractivity contribution in [1.82, 2.24) is 36.6 Å². The number of aliphatic imine (C=N–C) groups is 1. The van der Waals surface area contributed by atoms with Gasteiger partial charge in [0, 0.05) is 60.5 Å². The van der Waals surface area contributed by atoms with Gasteiger partial charge in [-0.2, -0.15) is 0 Å². The number of non-ortho nitro benzene ring substituents is 1. The number of hydrogen-bond donors (Lipinski definition) is 9. The molecule has 21 heteroatoms. The lowest BCUT2D eigenvalue weighted by Crippen LogP contribution is -2.60. The Kier molecular flexibility index (Phi) is 15.8. The number of aromatic amines is 1. The maximum Gasteiger partial charge on any atom is 0.270 e. The van der Waals surface area contributed by atoms with E-state index < -0.39 is 76.3 Å². The molecule has 5 aromatic rings. The maximum atomic E-state index is 14.5. The van der Waals surface area contributed by atoms with Crippen LogP contribution in [0.3, 0.4) is 0 Å². The zero-order chi connectivity index (χ0) is 46.5. The summed E-state index contributed by atoms with van der Waals surface area (Å²) in [6.07, 6.45) is 2.72. The van der Waals surface area contributed by atoms with Crippen molar-refractivity contribution in [3.63, 3.8) is 0 Å². The van der Waals surface area contributed by atoms with Crippen LogP contribution in [0.1, 0.15) is 40.0 Å². The van der Waals surface area contributed by atoms with Crippen LogP contribution >= 0.6 is 11.8 Å². The number of nitrogens with two attached hydrogens (primary N) is 3. The number of nitro benzene ring substituents is 1. The number of H-pyrrole nitrogens is 1. The minimum atomic E-state index is -1.39. The number of rotatable bonds is 12. The van der Waals surface area contributed by atoms with E-state index in [0.717, 1.165) is 34.7 Å². The fourth-order valence-corrected chi connectivity index (χ4v) is 8.16. The van der Waals surface area contributed by atoms with Crippen molar-refractivity contribution < 1.29 is 33.7 Å². The molecule has 20 nitrogen and oxygen atoms in total. The molecule has 1 aliphatic rings. The molecule has 0 bridgehead atoms. The molecule has 338 valence electrons. The van der Waals surface area contributed by atoms with Gasteiger partial charge in [0.2, 0.25) is 29.5 Å². The number of aromatic nitrogens is 2. The number of guanidine groups is 1. The number of nitrogens with zero attached hydrogens (tertiary/aromatic N) is 3. The van der Waals surface area contributed by atoms with Crippen LogP contribution in [0.15, 0.2) is 113 Å². The highest BCUT2D eigenvalue weighted by Crippen LogP contribution is 2.28. The molecule has 0 spiro atoms. The second-order valence-electron chi connectivity index (χ2n) is 15.2. The van der Waals surface area contributed by atoms with Gasteiger partial charge in [-0.25, -0.2) is 4.98 Å². The minimum absolute atomic E-state index is 0.0197. The first-order chi connectivity index (χ1) is 31.2. The highest BCUT2D eigenvalue weighted by molar-refractivity contribution is 7.99. The Morgan fingerprint density at radius 3 is 2.02 bits per heavy atom. The number of nitrogens with one attached hydrogen (secondary N) is 6. The van der Waals surface area contributed by atoms with E-state index in [0.29, 0.717) is 16.8 Å². The monoisotopic (exact) mass is 904 g/mol. The normalized spacial score (nSPS) is 20.0. The molecule has 0 radical (unpaired) electrons. The van der Waals surface area contributed by atoms with Crippen LogP contribution in [0.4, 0.5) is 5.69 Å². The van der Waals surface area contributed by atoms with Crippen molar-refractivity contribution >= 4 is 69.6 Å². The zero-order valence-electron chi connectivity index (χ0n) is 34.9. The lowest BCUT2D eigenvalue weighted by atomic mass is 10.00. The van der Waals surface area contributed by atoms with Gasteiger partial charge >= 0.3 is 0 Å². The van der Waals surface area contributed by atoms with E-state index in [1.54, 1.807) is 36.4 Å². The summed E-state index contributed by atoms with van der Waals surface area (Å²) in [6, 6.07) is 18.6. The number of amides is 6. The molecule has 0 saturated carbocycles. The number of hydrogen-bond acceptors (Lipinski definition) is 11. The lowest BCUT2D eigenvalue weighted by Gasteiger charge is -2.27. The first-order valence-corrected chi connectivity index (χ1v) is 21.5. The number of carbonyl (C=O) groups is 6. The number of carbonyl (C=O) groups excluding carboxylic acids is 6. The minimum Gasteiger partial charge on any atom is -0.370 e. The molecule has 0 aliphatic carbocycles. The SMILES string of the molecule is NC(=O)[C@@H]1CSc2ccc([N+](=O)[O-])cc2C(=O)N[C@@H](Cc2cnc[nH]2)C(=O)N[C@H](Cc2ccccc2)C(=O)N[C@@H](CCCN=C(N)N)C(=O)N[C@@H](Cc2ccc3ccccc3c2)C(=O)N1. The van der Waals surface area contributed by atoms with Crippen molar-refractivity contribution in [2.45, 2.75) is 67.2 Å². The number of primary amides is 1. The van der Waals surface area contributed by atoms with Gasteiger partial charge in [-0.15, -0.1) is 11.8 Å². The maximum absolute atomic E-state index is 14.5. The highest BCUT2D eigenvalue weighted by atomic mass is 32.2. The third-order valence-corrected chi connectivity index (χ3v) is 11.6. The van der Waals surface area contributed by atoms with Gasteiger partial charge in [-0.1, -0.05) is 72.8 Å². The predicted molar refractivity (Wildman–Crippen MR) is 242 cm³/mol. The van der Waals surface area contributed by atoms with Crippen molar-refractivity contribution in [1.29, 1.82) is 0 Å². The summed E-state index contributed by atoms with van der Waals surface area (Å²) in [5.41, 5.74) is 18.0. The Hall–Kier alpha value is -7.81. The second-order valence-corrected chi connectivity index (χ2v) is 16.3. The summed E-state index contributed by atoms with van der Waals surface area (Å²) in [5, 5.41) is 27.3. The number of thioether (sulfide) groups is 1. The molecule has 6 rings (SSSR count). The average Bonchev–Trinajstić information content (AvgIpc) is 3.81. The van der Waals surface area contributed by atoms with Gasteiger partial charge in [0.15, 0.2) is 5.96 Å². The molecule has 0 saturated heterocycles. The smallest absolute Gasteiger partial charge is 0.270 e. The molecule has 65 heavy (non-hydrogen) atoms.